The van der Waals surface area contributed by atoms with E-state index < -0.39 is 17.7 Å². The molecule has 1 aromatic heterocycles. The molecule has 0 aliphatic heterocycles. The van der Waals surface area contributed by atoms with Crippen molar-refractivity contribution in [2.75, 3.05) is 11.9 Å². The number of nitrogens with one attached hydrogen (secondary N) is 1. The van der Waals surface area contributed by atoms with E-state index in [0.29, 0.717) is 23.6 Å². The van der Waals surface area contributed by atoms with Gasteiger partial charge in [0.1, 0.15) is 16.7 Å². The highest BCUT2D eigenvalue weighted by Crippen LogP contribution is 2.26. The third-order valence-corrected chi connectivity index (χ3v) is 3.41. The van der Waals surface area contributed by atoms with Crippen LogP contribution in [-0.2, 0) is 14.3 Å². The zero-order valence-corrected chi connectivity index (χ0v) is 14.3. The predicted molar refractivity (Wildman–Crippen MR) is 88.3 cm³/mol. The summed E-state index contributed by atoms with van der Waals surface area (Å²) in [6.45, 7) is 11.1. The molecule has 1 atom stereocenters. The first-order valence-corrected chi connectivity index (χ1v) is 7.96. The minimum Gasteiger partial charge on any atom is -0.456 e. The number of rotatable bonds is 7. The zero-order chi connectivity index (χ0) is 16.8. The molecule has 0 fully saturated rings. The van der Waals surface area contributed by atoms with Crippen molar-refractivity contribution in [3.8, 4) is 0 Å². The third-order valence-electron chi connectivity index (χ3n) is 2.58. The quantitative estimate of drug-likeness (QED) is 0.472. The SMILES string of the molecule is C=CCCO[C@@H](C)C(=O)Nc1sccc1C(=O)OC(C)(C)C. The van der Waals surface area contributed by atoms with Gasteiger partial charge in [-0.05, 0) is 45.6 Å². The van der Waals surface area contributed by atoms with Gasteiger partial charge in [0.2, 0.25) is 0 Å². The molecule has 22 heavy (non-hydrogen) atoms. The number of carbonyl (C=O) groups is 2. The summed E-state index contributed by atoms with van der Waals surface area (Å²) in [6.07, 6.45) is 1.80. The Morgan fingerprint density at radius 2 is 2.14 bits per heavy atom. The van der Waals surface area contributed by atoms with Gasteiger partial charge in [0.15, 0.2) is 0 Å². The molecule has 1 amide bonds. The summed E-state index contributed by atoms with van der Waals surface area (Å²) in [5.41, 5.74) is -0.229. The first-order valence-electron chi connectivity index (χ1n) is 7.09. The monoisotopic (exact) mass is 325 g/mol. The second-order valence-corrected chi connectivity index (χ2v) is 6.66. The zero-order valence-electron chi connectivity index (χ0n) is 13.5. The van der Waals surface area contributed by atoms with Crippen LogP contribution in [0.25, 0.3) is 0 Å². The summed E-state index contributed by atoms with van der Waals surface area (Å²) in [6, 6.07) is 1.64. The van der Waals surface area contributed by atoms with E-state index in [1.807, 2.05) is 0 Å². The van der Waals surface area contributed by atoms with Crippen LogP contribution >= 0.6 is 11.3 Å². The van der Waals surface area contributed by atoms with E-state index in [-0.39, 0.29) is 5.91 Å². The van der Waals surface area contributed by atoms with Gasteiger partial charge >= 0.3 is 5.97 Å². The smallest absolute Gasteiger partial charge is 0.341 e. The highest BCUT2D eigenvalue weighted by Gasteiger charge is 2.23. The van der Waals surface area contributed by atoms with Crippen LogP contribution in [0.15, 0.2) is 24.1 Å². The van der Waals surface area contributed by atoms with Crippen LogP contribution in [0.5, 0.6) is 0 Å². The largest absolute Gasteiger partial charge is 0.456 e. The van der Waals surface area contributed by atoms with Crippen LogP contribution in [0.1, 0.15) is 44.5 Å². The predicted octanol–water partition coefficient (Wildman–Crippen LogP) is 3.62. The van der Waals surface area contributed by atoms with Gasteiger partial charge in [-0.1, -0.05) is 6.08 Å². The van der Waals surface area contributed by atoms with Gasteiger partial charge in [0.25, 0.3) is 5.91 Å². The van der Waals surface area contributed by atoms with Crippen molar-refractivity contribution in [3.63, 3.8) is 0 Å². The van der Waals surface area contributed by atoms with Gasteiger partial charge in [-0.15, -0.1) is 17.9 Å². The lowest BCUT2D eigenvalue weighted by Crippen LogP contribution is -2.29. The Balaban J connectivity index is 2.67. The number of hydrogen-bond acceptors (Lipinski definition) is 5. The highest BCUT2D eigenvalue weighted by atomic mass is 32.1. The van der Waals surface area contributed by atoms with E-state index in [9.17, 15) is 9.59 Å². The summed E-state index contributed by atoms with van der Waals surface area (Å²) in [4.78, 5) is 24.2. The molecule has 0 bridgehead atoms. The molecule has 0 aromatic carbocycles. The molecule has 0 spiro atoms. The van der Waals surface area contributed by atoms with E-state index in [4.69, 9.17) is 9.47 Å². The maximum absolute atomic E-state index is 12.1. The molecule has 1 heterocycles. The van der Waals surface area contributed by atoms with Crippen molar-refractivity contribution in [2.24, 2.45) is 0 Å². The van der Waals surface area contributed by atoms with Crippen molar-refractivity contribution < 1.29 is 19.1 Å². The van der Waals surface area contributed by atoms with E-state index in [2.05, 4.69) is 11.9 Å². The Morgan fingerprint density at radius 1 is 1.45 bits per heavy atom. The first kappa shape index (κ1) is 18.4. The molecule has 6 heteroatoms. The molecule has 0 unspecified atom stereocenters. The van der Waals surface area contributed by atoms with Crippen LogP contribution in [-0.4, -0.2) is 30.2 Å². The lowest BCUT2D eigenvalue weighted by Gasteiger charge is -2.19. The lowest BCUT2D eigenvalue weighted by atomic mass is 10.2. The van der Waals surface area contributed by atoms with Crippen LogP contribution in [0.2, 0.25) is 0 Å². The van der Waals surface area contributed by atoms with Gasteiger partial charge in [-0.2, -0.15) is 0 Å². The standard InChI is InChI=1S/C16H23NO4S/c1-6-7-9-20-11(2)13(18)17-14-12(8-10-22-14)15(19)21-16(3,4)5/h6,8,10-11H,1,7,9H2,2-5H3,(H,17,18)/t11-/m0/s1. The Hall–Kier alpha value is -1.66. The van der Waals surface area contributed by atoms with Crippen LogP contribution in [0.4, 0.5) is 5.00 Å². The summed E-state index contributed by atoms with van der Waals surface area (Å²) in [5.74, 6) is -0.749. The molecule has 1 aromatic rings. The minimum atomic E-state index is -0.603. The first-order chi connectivity index (χ1) is 10.2. The Bertz CT molecular complexity index is 530. The van der Waals surface area contributed by atoms with E-state index in [1.54, 1.807) is 45.2 Å². The average Bonchev–Trinajstić information content (AvgIpc) is 2.85. The maximum Gasteiger partial charge on any atom is 0.341 e. The van der Waals surface area contributed by atoms with Crippen LogP contribution < -0.4 is 5.32 Å². The van der Waals surface area contributed by atoms with E-state index in [0.717, 1.165) is 0 Å². The molecule has 1 N–H and O–H groups in total. The number of amides is 1. The lowest BCUT2D eigenvalue weighted by molar-refractivity contribution is -0.126. The summed E-state index contributed by atoms with van der Waals surface area (Å²) < 4.78 is 10.7. The van der Waals surface area contributed by atoms with Gasteiger partial charge < -0.3 is 14.8 Å². The second kappa shape index (κ2) is 8.10. The van der Waals surface area contributed by atoms with Crippen LogP contribution in [0, 0.1) is 0 Å². The molecule has 0 saturated carbocycles. The molecule has 0 saturated heterocycles. The summed E-state index contributed by atoms with van der Waals surface area (Å²) >= 11 is 1.27. The van der Waals surface area contributed by atoms with E-state index in [1.165, 1.54) is 11.3 Å². The molecular formula is C16H23NO4S. The number of carbonyl (C=O) groups excluding carboxylic acids is 2. The van der Waals surface area contributed by atoms with Crippen molar-refractivity contribution in [1.29, 1.82) is 0 Å². The van der Waals surface area contributed by atoms with Crippen molar-refractivity contribution in [2.45, 2.75) is 45.8 Å². The Morgan fingerprint density at radius 3 is 2.73 bits per heavy atom. The number of anilines is 1. The fourth-order valence-corrected chi connectivity index (χ4v) is 2.30. The number of hydrogen-bond donors (Lipinski definition) is 1. The molecule has 122 valence electrons. The molecule has 0 radical (unpaired) electrons. The fraction of sp³-hybridized carbons (Fsp3) is 0.500. The van der Waals surface area contributed by atoms with Crippen LogP contribution in [0.3, 0.4) is 0 Å². The highest BCUT2D eigenvalue weighted by molar-refractivity contribution is 7.14. The number of thiophene rings is 1. The summed E-state index contributed by atoms with van der Waals surface area (Å²) in [7, 11) is 0. The molecule has 1 rings (SSSR count). The Kier molecular flexibility index (Phi) is 6.77. The summed E-state index contributed by atoms with van der Waals surface area (Å²) in [5, 5.41) is 4.92. The second-order valence-electron chi connectivity index (χ2n) is 5.74. The van der Waals surface area contributed by atoms with Crippen molar-refractivity contribution in [1.82, 2.24) is 0 Å². The molecule has 0 aliphatic carbocycles. The number of esters is 1. The van der Waals surface area contributed by atoms with Gasteiger partial charge in [0, 0.05) is 0 Å². The normalized spacial score (nSPS) is 12.5. The van der Waals surface area contributed by atoms with Crippen molar-refractivity contribution >= 4 is 28.2 Å². The van der Waals surface area contributed by atoms with Crippen molar-refractivity contribution in [3.05, 3.63) is 29.7 Å². The number of ether oxygens (including phenoxy) is 2. The van der Waals surface area contributed by atoms with E-state index >= 15 is 0 Å². The molecule has 0 aliphatic rings. The minimum absolute atomic E-state index is 0.295. The topological polar surface area (TPSA) is 64.6 Å². The van der Waals surface area contributed by atoms with Gasteiger partial charge in [-0.25, -0.2) is 4.79 Å². The molecular weight excluding hydrogens is 302 g/mol. The fourth-order valence-electron chi connectivity index (χ4n) is 1.52. The molecule has 5 nitrogen and oxygen atoms in total. The van der Waals surface area contributed by atoms with Gasteiger partial charge in [0.05, 0.1) is 12.2 Å². The maximum atomic E-state index is 12.1. The van der Waals surface area contributed by atoms with Gasteiger partial charge in [-0.3, -0.25) is 4.79 Å². The average molecular weight is 325 g/mol. The Labute approximate surface area is 135 Å². The third kappa shape index (κ3) is 5.99.